The van der Waals surface area contributed by atoms with Crippen LogP contribution in [-0.2, 0) is 15.3 Å². The van der Waals surface area contributed by atoms with Crippen LogP contribution in [0.3, 0.4) is 0 Å². The van der Waals surface area contributed by atoms with Gasteiger partial charge in [0.25, 0.3) is 0 Å². The van der Waals surface area contributed by atoms with Crippen LogP contribution in [0.5, 0.6) is 0 Å². The van der Waals surface area contributed by atoms with E-state index in [-0.39, 0.29) is 0 Å². The van der Waals surface area contributed by atoms with Crippen molar-refractivity contribution in [3.63, 3.8) is 0 Å². The number of halogens is 2. The van der Waals surface area contributed by atoms with Crippen molar-refractivity contribution in [3.05, 3.63) is 35.4 Å². The van der Waals surface area contributed by atoms with Crippen LogP contribution < -0.4 is 0 Å². The monoisotopic (exact) mass is 288 g/mol. The van der Waals surface area contributed by atoms with Gasteiger partial charge in [-0.3, -0.25) is 0 Å². The van der Waals surface area contributed by atoms with Crippen LogP contribution in [0.15, 0.2) is 18.2 Å². The van der Waals surface area contributed by atoms with E-state index >= 15 is 0 Å². The fourth-order valence-electron chi connectivity index (χ4n) is 1.93. The third-order valence-corrected chi connectivity index (χ3v) is 6.43. The molecule has 0 atom stereocenters. The Bertz CT molecular complexity index is 395. The topological polar surface area (TPSA) is 18.5 Å². The van der Waals surface area contributed by atoms with Gasteiger partial charge in [-0.2, -0.15) is 0 Å². The van der Waals surface area contributed by atoms with Crippen LogP contribution in [0.1, 0.15) is 24.8 Å². The van der Waals surface area contributed by atoms with Crippen molar-refractivity contribution in [3.8, 4) is 0 Å². The Kier molecular flexibility index (Phi) is 6.61. The summed E-state index contributed by atoms with van der Waals surface area (Å²) in [5.41, 5.74) is 0.845. The summed E-state index contributed by atoms with van der Waals surface area (Å²) in [6, 6.07) is 5.06. The van der Waals surface area contributed by atoms with E-state index in [1.165, 1.54) is 12.1 Å². The van der Waals surface area contributed by atoms with Gasteiger partial charge in [0.15, 0.2) is 11.6 Å². The highest BCUT2D eigenvalue weighted by molar-refractivity contribution is 6.65. The first-order valence-electron chi connectivity index (χ1n) is 6.55. The molecule has 0 spiro atoms. The van der Waals surface area contributed by atoms with Crippen LogP contribution >= 0.6 is 0 Å². The summed E-state index contributed by atoms with van der Waals surface area (Å²) in [6.45, 7) is 2.04. The Morgan fingerprint density at radius 2 is 1.68 bits per heavy atom. The smallest absolute Gasteiger partial charge is 0.334 e. The third kappa shape index (κ3) is 5.38. The van der Waals surface area contributed by atoms with Crippen molar-refractivity contribution in [2.45, 2.75) is 38.3 Å². The molecule has 108 valence electrons. The summed E-state index contributed by atoms with van der Waals surface area (Å²) in [4.78, 5) is 0. The zero-order chi connectivity index (χ0) is 14.3. The SMILES string of the molecule is CO[Si](C)(CCCCCc1ccc(F)c(F)c1)OC. The summed E-state index contributed by atoms with van der Waals surface area (Å²) >= 11 is 0. The van der Waals surface area contributed by atoms with Crippen LogP contribution in [0.2, 0.25) is 12.6 Å². The highest BCUT2D eigenvalue weighted by Crippen LogP contribution is 2.17. The van der Waals surface area contributed by atoms with Crippen LogP contribution in [0, 0.1) is 11.6 Å². The molecule has 1 rings (SSSR count). The fraction of sp³-hybridized carbons (Fsp3) is 0.571. The number of rotatable bonds is 8. The lowest BCUT2D eigenvalue weighted by atomic mass is 10.1. The van der Waals surface area contributed by atoms with Crippen LogP contribution in [-0.4, -0.2) is 22.8 Å². The van der Waals surface area contributed by atoms with E-state index in [0.29, 0.717) is 0 Å². The maximum atomic E-state index is 13.0. The molecular weight excluding hydrogens is 266 g/mol. The molecule has 0 aliphatic carbocycles. The molecule has 19 heavy (non-hydrogen) atoms. The van der Waals surface area contributed by atoms with Gasteiger partial charge in [0, 0.05) is 14.2 Å². The second-order valence-electron chi connectivity index (χ2n) is 4.85. The summed E-state index contributed by atoms with van der Waals surface area (Å²) in [5, 5.41) is 0. The largest absolute Gasteiger partial charge is 0.398 e. The van der Waals surface area contributed by atoms with E-state index in [1.54, 1.807) is 20.3 Å². The average molecular weight is 288 g/mol. The van der Waals surface area contributed by atoms with E-state index in [0.717, 1.165) is 37.3 Å². The zero-order valence-electron chi connectivity index (χ0n) is 11.8. The minimum atomic E-state index is -1.95. The lowest BCUT2D eigenvalue weighted by molar-refractivity contribution is 0.248. The van der Waals surface area contributed by atoms with Crippen molar-refractivity contribution >= 4 is 8.56 Å². The lowest BCUT2D eigenvalue weighted by Gasteiger charge is -2.22. The van der Waals surface area contributed by atoms with E-state index in [9.17, 15) is 8.78 Å². The Balaban J connectivity index is 2.26. The van der Waals surface area contributed by atoms with Crippen molar-refractivity contribution in [1.82, 2.24) is 0 Å². The predicted molar refractivity (Wildman–Crippen MR) is 74.4 cm³/mol. The van der Waals surface area contributed by atoms with Crippen molar-refractivity contribution in [2.75, 3.05) is 14.2 Å². The van der Waals surface area contributed by atoms with Gasteiger partial charge in [0.05, 0.1) is 0 Å². The summed E-state index contributed by atoms with van der Waals surface area (Å²) in [5.74, 6) is -1.55. The molecule has 0 aromatic heterocycles. The van der Waals surface area contributed by atoms with E-state index < -0.39 is 20.2 Å². The molecule has 0 aliphatic rings. The highest BCUT2D eigenvalue weighted by atomic mass is 28.4. The second-order valence-corrected chi connectivity index (χ2v) is 8.44. The molecule has 0 radical (unpaired) electrons. The van der Waals surface area contributed by atoms with Gasteiger partial charge < -0.3 is 8.85 Å². The fourth-order valence-corrected chi connectivity index (χ4v) is 3.40. The van der Waals surface area contributed by atoms with Gasteiger partial charge in [0.1, 0.15) is 0 Å². The highest BCUT2D eigenvalue weighted by Gasteiger charge is 2.27. The molecule has 0 unspecified atom stereocenters. The number of hydrogen-bond acceptors (Lipinski definition) is 2. The van der Waals surface area contributed by atoms with Crippen LogP contribution in [0.4, 0.5) is 8.78 Å². The molecule has 1 aromatic rings. The molecule has 0 aliphatic heterocycles. The molecular formula is C14H22F2O2Si. The Hall–Kier alpha value is -0.783. The van der Waals surface area contributed by atoms with Gasteiger partial charge in [-0.25, -0.2) is 8.78 Å². The second kappa shape index (κ2) is 7.72. The minimum absolute atomic E-state index is 0.767. The molecule has 0 heterocycles. The first-order chi connectivity index (χ1) is 9.00. The number of benzene rings is 1. The molecule has 5 heteroatoms. The predicted octanol–water partition coefficient (Wildman–Crippen LogP) is 4.04. The summed E-state index contributed by atoms with van der Waals surface area (Å²) in [6.07, 6.45) is 3.81. The third-order valence-electron chi connectivity index (χ3n) is 3.44. The lowest BCUT2D eigenvalue weighted by Crippen LogP contribution is -2.35. The Morgan fingerprint density at radius 3 is 2.26 bits per heavy atom. The standard InChI is InChI=1S/C14H22F2O2Si/c1-17-19(3,18-2)10-6-4-5-7-12-8-9-13(15)14(16)11-12/h8-9,11H,4-7,10H2,1-3H3. The zero-order valence-corrected chi connectivity index (χ0v) is 12.8. The maximum Gasteiger partial charge on any atom is 0.334 e. The van der Waals surface area contributed by atoms with E-state index in [2.05, 4.69) is 0 Å². The van der Waals surface area contributed by atoms with Gasteiger partial charge in [-0.05, 0) is 43.1 Å². The average Bonchev–Trinajstić information content (AvgIpc) is 2.42. The van der Waals surface area contributed by atoms with E-state index in [4.69, 9.17) is 8.85 Å². The normalized spacial score (nSPS) is 11.8. The molecule has 1 aromatic carbocycles. The Morgan fingerprint density at radius 1 is 1.00 bits per heavy atom. The van der Waals surface area contributed by atoms with Gasteiger partial charge in [-0.1, -0.05) is 18.9 Å². The Labute approximate surface area is 115 Å². The number of unbranched alkanes of at least 4 members (excludes halogenated alkanes) is 2. The molecule has 0 fully saturated rings. The maximum absolute atomic E-state index is 13.0. The molecule has 0 bridgehead atoms. The quantitative estimate of drug-likeness (QED) is 0.531. The minimum Gasteiger partial charge on any atom is -0.398 e. The number of hydrogen-bond donors (Lipinski definition) is 0. The first-order valence-corrected chi connectivity index (χ1v) is 9.07. The summed E-state index contributed by atoms with van der Waals surface area (Å²) in [7, 11) is 1.43. The molecule has 0 N–H and O–H groups in total. The first kappa shape index (κ1) is 16.3. The van der Waals surface area contributed by atoms with E-state index in [1.807, 2.05) is 6.55 Å². The van der Waals surface area contributed by atoms with Crippen molar-refractivity contribution in [1.29, 1.82) is 0 Å². The molecule has 2 nitrogen and oxygen atoms in total. The van der Waals surface area contributed by atoms with Gasteiger partial charge >= 0.3 is 8.56 Å². The molecule has 0 amide bonds. The van der Waals surface area contributed by atoms with Gasteiger partial charge in [0.2, 0.25) is 0 Å². The van der Waals surface area contributed by atoms with Gasteiger partial charge in [-0.15, -0.1) is 0 Å². The van der Waals surface area contributed by atoms with Crippen molar-refractivity contribution < 1.29 is 17.6 Å². The van der Waals surface area contributed by atoms with Crippen molar-refractivity contribution in [2.24, 2.45) is 0 Å². The number of aryl methyl sites for hydroxylation is 1. The molecule has 0 saturated heterocycles. The molecule has 0 saturated carbocycles. The summed E-state index contributed by atoms with van der Waals surface area (Å²) < 4.78 is 36.6. The van der Waals surface area contributed by atoms with Crippen LogP contribution in [0.25, 0.3) is 0 Å².